The minimum atomic E-state index is -0.0371. The van der Waals surface area contributed by atoms with Gasteiger partial charge in [-0.25, -0.2) is 14.8 Å². The van der Waals surface area contributed by atoms with Crippen LogP contribution in [0.1, 0.15) is 73.6 Å². The third-order valence-corrected chi connectivity index (χ3v) is 6.27. The van der Waals surface area contributed by atoms with Crippen molar-refractivity contribution in [3.8, 4) is 6.57 Å². The summed E-state index contributed by atoms with van der Waals surface area (Å²) in [5.41, 5.74) is 10.0. The summed E-state index contributed by atoms with van der Waals surface area (Å²) in [6, 6.07) is 9.24. The molecule has 0 bridgehead atoms. The Bertz CT molecular complexity index is 1130. The van der Waals surface area contributed by atoms with E-state index in [9.17, 15) is 4.79 Å². The molecule has 0 spiro atoms. The number of aromatic nitrogens is 3. The number of aryl methyl sites for hydroxylation is 1. The maximum atomic E-state index is 13.2. The topological polar surface area (TPSA) is 104 Å². The van der Waals surface area contributed by atoms with E-state index in [-0.39, 0.29) is 11.9 Å². The smallest absolute Gasteiger partial charge is 0.254 e. The first-order valence-electron chi connectivity index (χ1n) is 12.1. The molecule has 8 heteroatoms. The monoisotopic (exact) mass is 461 g/mol. The van der Waals surface area contributed by atoms with Crippen molar-refractivity contribution in [2.75, 3.05) is 30.3 Å². The summed E-state index contributed by atoms with van der Waals surface area (Å²) in [4.78, 5) is 22.5. The predicted octanol–water partition coefficient (Wildman–Crippen LogP) is 4.75. The van der Waals surface area contributed by atoms with Crippen molar-refractivity contribution in [3.63, 3.8) is 0 Å². The second-order valence-electron chi connectivity index (χ2n) is 8.45. The lowest BCUT2D eigenvalue weighted by Crippen LogP contribution is -2.38. The third kappa shape index (κ3) is 5.14. The van der Waals surface area contributed by atoms with Crippen LogP contribution in [-0.2, 0) is 0 Å². The summed E-state index contributed by atoms with van der Waals surface area (Å²) in [6.07, 6.45) is 7.52. The SMILES string of the molecule is C#N.CC.Cc1cn2nc(C3CCCCN3C(=O)c3cccc(N)c3)cc2nc1N1CCCC1. The number of hydrogen-bond acceptors (Lipinski definition) is 6. The molecule has 0 saturated carbocycles. The van der Waals surface area contributed by atoms with E-state index >= 15 is 0 Å². The Labute approximate surface area is 202 Å². The van der Waals surface area contributed by atoms with Gasteiger partial charge in [-0.1, -0.05) is 19.9 Å². The number of nitriles is 1. The molecule has 2 aromatic heterocycles. The van der Waals surface area contributed by atoms with Crippen molar-refractivity contribution in [1.82, 2.24) is 19.5 Å². The third-order valence-electron chi connectivity index (χ3n) is 6.27. The molecule has 2 aliphatic rings. The molecule has 1 aromatic carbocycles. The van der Waals surface area contributed by atoms with E-state index in [0.29, 0.717) is 11.3 Å². The highest BCUT2D eigenvalue weighted by atomic mass is 16.2. The van der Waals surface area contributed by atoms with Crippen molar-refractivity contribution in [3.05, 3.63) is 53.3 Å². The average Bonchev–Trinajstić information content (AvgIpc) is 3.55. The molecule has 4 heterocycles. The van der Waals surface area contributed by atoms with Crippen LogP contribution in [0.25, 0.3) is 5.65 Å². The van der Waals surface area contributed by atoms with E-state index in [1.54, 1.807) is 12.1 Å². The van der Waals surface area contributed by atoms with Crippen molar-refractivity contribution in [2.45, 2.75) is 58.9 Å². The van der Waals surface area contributed by atoms with Gasteiger partial charge in [0.05, 0.1) is 11.7 Å². The van der Waals surface area contributed by atoms with Crippen LogP contribution < -0.4 is 10.6 Å². The first-order valence-corrected chi connectivity index (χ1v) is 12.1. The summed E-state index contributed by atoms with van der Waals surface area (Å²) >= 11 is 0. The molecule has 1 unspecified atom stereocenters. The number of nitrogen functional groups attached to an aromatic ring is 1. The number of anilines is 2. The number of nitrogens with zero attached hydrogens (tertiary/aromatic N) is 6. The Morgan fingerprint density at radius 2 is 1.79 bits per heavy atom. The second-order valence-corrected chi connectivity index (χ2v) is 8.45. The highest BCUT2D eigenvalue weighted by Crippen LogP contribution is 2.33. The predicted molar refractivity (Wildman–Crippen MR) is 136 cm³/mol. The van der Waals surface area contributed by atoms with Crippen molar-refractivity contribution in [1.29, 1.82) is 5.26 Å². The zero-order valence-electron chi connectivity index (χ0n) is 20.4. The van der Waals surface area contributed by atoms with Gasteiger partial charge in [0, 0.05) is 55.3 Å². The second kappa shape index (κ2) is 11.5. The van der Waals surface area contributed by atoms with Crippen LogP contribution in [0.5, 0.6) is 0 Å². The normalized spacial score (nSPS) is 17.5. The minimum Gasteiger partial charge on any atom is -0.399 e. The van der Waals surface area contributed by atoms with Crippen LogP contribution in [0.15, 0.2) is 36.5 Å². The van der Waals surface area contributed by atoms with Crippen molar-refractivity contribution < 1.29 is 4.79 Å². The Morgan fingerprint density at radius 3 is 2.50 bits per heavy atom. The van der Waals surface area contributed by atoms with Crippen LogP contribution in [0, 0.1) is 18.8 Å². The maximum absolute atomic E-state index is 13.2. The number of carbonyl (C=O) groups excluding carboxylic acids is 1. The van der Waals surface area contributed by atoms with Crippen LogP contribution in [-0.4, -0.2) is 45.0 Å². The largest absolute Gasteiger partial charge is 0.399 e. The van der Waals surface area contributed by atoms with Gasteiger partial charge in [-0.05, 0) is 57.2 Å². The Balaban J connectivity index is 0.000000771. The molecular weight excluding hydrogens is 426 g/mol. The molecule has 0 radical (unpaired) electrons. The van der Waals surface area contributed by atoms with Gasteiger partial charge in [-0.15, -0.1) is 0 Å². The van der Waals surface area contributed by atoms with Crippen LogP contribution in [0.4, 0.5) is 11.5 Å². The summed E-state index contributed by atoms with van der Waals surface area (Å²) in [5, 5.41) is 11.3. The number of fused-ring (bicyclic) bond motifs is 1. The minimum absolute atomic E-state index is 0.0194. The number of benzene rings is 1. The number of rotatable bonds is 3. The highest BCUT2D eigenvalue weighted by Gasteiger charge is 2.31. The molecule has 2 N–H and O–H groups in total. The van der Waals surface area contributed by atoms with Gasteiger partial charge in [0.25, 0.3) is 5.91 Å². The van der Waals surface area contributed by atoms with E-state index in [2.05, 4.69) is 30.7 Å². The fourth-order valence-electron chi connectivity index (χ4n) is 4.75. The van der Waals surface area contributed by atoms with Crippen LogP contribution in [0.3, 0.4) is 0 Å². The van der Waals surface area contributed by atoms with E-state index in [1.165, 1.54) is 12.8 Å². The van der Waals surface area contributed by atoms with Gasteiger partial charge in [0.15, 0.2) is 5.65 Å². The number of carbonyl (C=O) groups is 1. The van der Waals surface area contributed by atoms with Gasteiger partial charge < -0.3 is 15.5 Å². The van der Waals surface area contributed by atoms with Crippen molar-refractivity contribution in [2.24, 2.45) is 0 Å². The molecule has 8 nitrogen and oxygen atoms in total. The van der Waals surface area contributed by atoms with E-state index in [1.807, 2.05) is 35.4 Å². The highest BCUT2D eigenvalue weighted by molar-refractivity contribution is 5.95. The molecule has 180 valence electrons. The molecule has 0 aliphatic carbocycles. The number of piperidine rings is 1. The molecule has 2 aliphatic heterocycles. The zero-order chi connectivity index (χ0) is 24.7. The van der Waals surface area contributed by atoms with E-state index in [4.69, 9.17) is 21.1 Å². The van der Waals surface area contributed by atoms with E-state index in [0.717, 1.165) is 61.6 Å². The molecule has 2 saturated heterocycles. The summed E-state index contributed by atoms with van der Waals surface area (Å²) < 4.78 is 1.86. The fourth-order valence-corrected chi connectivity index (χ4v) is 4.75. The number of likely N-dealkylation sites (tertiary alicyclic amines) is 1. The molecule has 5 rings (SSSR count). The van der Waals surface area contributed by atoms with Crippen LogP contribution >= 0.6 is 0 Å². The van der Waals surface area contributed by atoms with Gasteiger partial charge in [-0.2, -0.15) is 5.10 Å². The first kappa shape index (κ1) is 25.0. The lowest BCUT2D eigenvalue weighted by Gasteiger charge is -2.34. The van der Waals surface area contributed by atoms with Crippen molar-refractivity contribution >= 4 is 23.1 Å². The summed E-state index contributed by atoms with van der Waals surface area (Å²) in [7, 11) is 0. The molecule has 3 aromatic rings. The standard InChI is InChI=1S/C23H28N6O.C2H6.CHN/c1-16-15-29-21(25-22(16)27-10-4-5-11-27)14-19(26-29)20-9-2-3-12-28(20)23(30)17-7-6-8-18(24)13-17;2*1-2/h6-8,13-15,20H,2-5,9-12,24H2,1H3;1-2H3;1H. The van der Waals surface area contributed by atoms with Gasteiger partial charge in [-0.3, -0.25) is 4.79 Å². The Hall–Kier alpha value is -3.60. The Morgan fingerprint density at radius 1 is 1.09 bits per heavy atom. The molecule has 34 heavy (non-hydrogen) atoms. The first-order chi connectivity index (χ1) is 16.6. The lowest BCUT2D eigenvalue weighted by molar-refractivity contribution is 0.0605. The number of amides is 1. The molecule has 1 atom stereocenters. The van der Waals surface area contributed by atoms with Gasteiger partial charge >= 0.3 is 0 Å². The average molecular weight is 462 g/mol. The zero-order valence-corrected chi connectivity index (χ0v) is 20.4. The van der Waals surface area contributed by atoms with Gasteiger partial charge in [0.2, 0.25) is 0 Å². The maximum Gasteiger partial charge on any atom is 0.254 e. The summed E-state index contributed by atoms with van der Waals surface area (Å²) in [6.45, 7) is 12.5. The van der Waals surface area contributed by atoms with Gasteiger partial charge in [0.1, 0.15) is 5.82 Å². The Kier molecular flexibility index (Phi) is 8.47. The number of nitrogens with two attached hydrogens (primary N) is 1. The fraction of sp³-hybridized carbons (Fsp3) is 0.462. The lowest BCUT2D eigenvalue weighted by atomic mass is 9.98. The number of hydrogen-bond donors (Lipinski definition) is 1. The molecule has 1 amide bonds. The molecular formula is C26H35N7O. The molecule has 2 fully saturated rings. The quantitative estimate of drug-likeness (QED) is 0.564. The summed E-state index contributed by atoms with van der Waals surface area (Å²) in [5.74, 6) is 1.08. The van der Waals surface area contributed by atoms with E-state index < -0.39 is 0 Å². The van der Waals surface area contributed by atoms with Crippen LogP contribution in [0.2, 0.25) is 0 Å².